The maximum atomic E-state index is 13.4. The van der Waals surface area contributed by atoms with Crippen LogP contribution in [0.4, 0.5) is 0 Å². The number of halogens is 1. The number of ketones is 1. The molecule has 5 heteroatoms. The topological polar surface area (TPSA) is 55.4 Å². The van der Waals surface area contributed by atoms with Crippen LogP contribution >= 0.6 is 22.6 Å². The minimum atomic E-state index is -0.630. The number of esters is 1. The van der Waals surface area contributed by atoms with Gasteiger partial charge in [-0.15, -0.1) is 0 Å². The summed E-state index contributed by atoms with van der Waals surface area (Å²) < 4.78 is 6.13. The minimum Gasteiger partial charge on any atom is -0.468 e. The molecule has 1 aliphatic carbocycles. The quantitative estimate of drug-likeness (QED) is 0.493. The molecule has 2 aromatic rings. The second-order valence-corrected chi connectivity index (χ2v) is 8.76. The molecule has 0 radical (unpaired) electrons. The zero-order valence-electron chi connectivity index (χ0n) is 16.2. The van der Waals surface area contributed by atoms with Crippen LogP contribution in [0, 0.1) is 9.49 Å². The molecule has 148 valence electrons. The molecule has 0 spiro atoms. The van der Waals surface area contributed by atoms with Gasteiger partial charge in [0.2, 0.25) is 0 Å². The van der Waals surface area contributed by atoms with E-state index in [1.165, 1.54) is 7.11 Å². The molecule has 0 saturated carbocycles. The van der Waals surface area contributed by atoms with E-state index in [-0.39, 0.29) is 23.6 Å². The Balaban J connectivity index is 1.82. The van der Waals surface area contributed by atoms with Crippen molar-refractivity contribution < 1.29 is 14.3 Å². The lowest BCUT2D eigenvalue weighted by molar-refractivity contribution is -0.144. The maximum absolute atomic E-state index is 13.4. The zero-order chi connectivity index (χ0) is 20.5. The Morgan fingerprint density at radius 2 is 1.83 bits per heavy atom. The van der Waals surface area contributed by atoms with E-state index in [0.717, 1.165) is 26.8 Å². The van der Waals surface area contributed by atoms with Crippen molar-refractivity contribution in [3.05, 3.63) is 92.8 Å². The lowest BCUT2D eigenvalue weighted by Crippen LogP contribution is -2.42. The van der Waals surface area contributed by atoms with Crippen molar-refractivity contribution in [2.24, 2.45) is 5.92 Å². The van der Waals surface area contributed by atoms with Gasteiger partial charge in [-0.25, -0.2) is 0 Å². The molecule has 0 amide bonds. The molecular formula is C24H22INO3. The van der Waals surface area contributed by atoms with Gasteiger partial charge in [-0.05, 0) is 58.2 Å². The van der Waals surface area contributed by atoms with E-state index in [9.17, 15) is 9.59 Å². The largest absolute Gasteiger partial charge is 0.468 e. The first-order valence-electron chi connectivity index (χ1n) is 9.60. The molecule has 1 aliphatic heterocycles. The van der Waals surface area contributed by atoms with Gasteiger partial charge in [0.05, 0.1) is 7.11 Å². The van der Waals surface area contributed by atoms with Gasteiger partial charge in [0, 0.05) is 32.9 Å². The van der Waals surface area contributed by atoms with Crippen molar-refractivity contribution in [1.29, 1.82) is 0 Å². The van der Waals surface area contributed by atoms with Crippen LogP contribution in [0.2, 0.25) is 0 Å². The summed E-state index contributed by atoms with van der Waals surface area (Å²) >= 11 is 2.25. The molecule has 4 rings (SSSR count). The van der Waals surface area contributed by atoms with E-state index in [2.05, 4.69) is 46.6 Å². The predicted molar refractivity (Wildman–Crippen MR) is 120 cm³/mol. The third-order valence-electron chi connectivity index (χ3n) is 5.77. The summed E-state index contributed by atoms with van der Waals surface area (Å²) in [4.78, 5) is 26.0. The van der Waals surface area contributed by atoms with E-state index in [0.29, 0.717) is 17.7 Å². The lowest BCUT2D eigenvalue weighted by Gasteiger charge is -2.40. The zero-order valence-corrected chi connectivity index (χ0v) is 18.3. The first-order chi connectivity index (χ1) is 14.0. The summed E-state index contributed by atoms with van der Waals surface area (Å²) in [5.74, 6) is -1.19. The molecule has 4 nitrogen and oxygen atoms in total. The fraction of sp³-hybridized carbons (Fsp3) is 0.250. The van der Waals surface area contributed by atoms with E-state index in [4.69, 9.17) is 4.74 Å². The Bertz CT molecular complexity index is 1010. The number of hydrogen-bond acceptors (Lipinski definition) is 4. The lowest BCUT2D eigenvalue weighted by atomic mass is 9.69. The van der Waals surface area contributed by atoms with Crippen LogP contribution in [0.1, 0.15) is 35.8 Å². The number of nitrogens with one attached hydrogen (secondary N) is 1. The average Bonchev–Trinajstić information content (AvgIpc) is 2.72. The van der Waals surface area contributed by atoms with Crippen molar-refractivity contribution in [1.82, 2.24) is 5.32 Å². The van der Waals surface area contributed by atoms with Crippen molar-refractivity contribution in [3.63, 3.8) is 0 Å². The fourth-order valence-corrected chi connectivity index (χ4v) is 5.04. The van der Waals surface area contributed by atoms with Crippen molar-refractivity contribution in [2.75, 3.05) is 7.11 Å². The number of methoxy groups -OCH3 is 1. The summed E-state index contributed by atoms with van der Waals surface area (Å²) in [7, 11) is 1.37. The molecule has 0 bridgehead atoms. The Labute approximate surface area is 184 Å². The van der Waals surface area contributed by atoms with Gasteiger partial charge in [-0.3, -0.25) is 9.59 Å². The highest BCUT2D eigenvalue weighted by molar-refractivity contribution is 14.1. The third kappa shape index (κ3) is 3.75. The number of Topliss-reactive ketones (excluding diaryl/α,β-unsaturated/α-hetero) is 1. The van der Waals surface area contributed by atoms with E-state index in [1.807, 2.05) is 42.5 Å². The third-order valence-corrected chi connectivity index (χ3v) is 6.44. The monoisotopic (exact) mass is 499 g/mol. The van der Waals surface area contributed by atoms with Crippen LogP contribution in [-0.4, -0.2) is 18.9 Å². The minimum absolute atomic E-state index is 0.0814. The number of rotatable bonds is 3. The number of carbonyl (C=O) groups is 2. The van der Waals surface area contributed by atoms with Gasteiger partial charge in [0.15, 0.2) is 5.78 Å². The summed E-state index contributed by atoms with van der Waals surface area (Å²) in [6.45, 7) is 4.12. The van der Waals surface area contributed by atoms with Gasteiger partial charge >= 0.3 is 5.97 Å². The number of ether oxygens (including phenoxy) is 1. The smallest absolute Gasteiger partial charge is 0.315 e. The van der Waals surface area contributed by atoms with Crippen LogP contribution < -0.4 is 5.32 Å². The Morgan fingerprint density at radius 3 is 2.52 bits per heavy atom. The van der Waals surface area contributed by atoms with Gasteiger partial charge in [0.1, 0.15) is 5.92 Å². The normalized spacial score (nSPS) is 24.0. The molecule has 2 aromatic carbocycles. The van der Waals surface area contributed by atoms with E-state index < -0.39 is 5.92 Å². The maximum Gasteiger partial charge on any atom is 0.315 e. The number of benzene rings is 2. The number of allylic oxidation sites excluding steroid dienone is 2. The SMILES string of the molecule is C=C1NC2=C(C(=O)CC(c3ccccc3)C2)C(c2cccc(I)c2)C1C(=O)OC. The molecule has 0 fully saturated rings. The molecule has 0 aromatic heterocycles. The highest BCUT2D eigenvalue weighted by Gasteiger charge is 2.45. The Kier molecular flexibility index (Phi) is 5.58. The van der Waals surface area contributed by atoms with Crippen LogP contribution in [-0.2, 0) is 14.3 Å². The molecule has 0 saturated heterocycles. The predicted octanol–water partition coefficient (Wildman–Crippen LogP) is 4.68. The molecule has 1 heterocycles. The summed E-state index contributed by atoms with van der Waals surface area (Å²) in [6.07, 6.45) is 1.16. The fourth-order valence-electron chi connectivity index (χ4n) is 4.47. The first-order valence-corrected chi connectivity index (χ1v) is 10.7. The van der Waals surface area contributed by atoms with Gasteiger partial charge < -0.3 is 10.1 Å². The summed E-state index contributed by atoms with van der Waals surface area (Å²) in [5, 5.41) is 3.29. The van der Waals surface area contributed by atoms with Crippen LogP contribution in [0.5, 0.6) is 0 Å². The Morgan fingerprint density at radius 1 is 1.10 bits per heavy atom. The summed E-state index contributed by atoms with van der Waals surface area (Å²) in [6, 6.07) is 18.1. The van der Waals surface area contributed by atoms with Crippen molar-refractivity contribution in [3.8, 4) is 0 Å². The molecule has 29 heavy (non-hydrogen) atoms. The summed E-state index contributed by atoms with van der Waals surface area (Å²) in [5.41, 5.74) is 4.25. The van der Waals surface area contributed by atoms with E-state index in [1.54, 1.807) is 0 Å². The molecule has 1 N–H and O–H groups in total. The van der Waals surface area contributed by atoms with Gasteiger partial charge in [-0.1, -0.05) is 49.0 Å². The number of hydrogen-bond donors (Lipinski definition) is 1. The van der Waals surface area contributed by atoms with Crippen molar-refractivity contribution >= 4 is 34.3 Å². The standard InChI is InChI=1S/C24H22INO3/c1-14-21(24(28)29-2)22(16-9-6-10-18(25)11-16)23-19(26-14)12-17(13-20(23)27)15-7-4-3-5-8-15/h3-11,17,21-22,26H,1,12-13H2,2H3. The van der Waals surface area contributed by atoms with Crippen LogP contribution in [0.15, 0.2) is 78.1 Å². The molecule has 3 unspecified atom stereocenters. The molecule has 3 atom stereocenters. The second kappa shape index (κ2) is 8.14. The van der Waals surface area contributed by atoms with Crippen LogP contribution in [0.25, 0.3) is 0 Å². The highest BCUT2D eigenvalue weighted by Crippen LogP contribution is 2.47. The first kappa shape index (κ1) is 19.9. The van der Waals surface area contributed by atoms with Crippen LogP contribution in [0.3, 0.4) is 0 Å². The molecule has 2 aliphatic rings. The molecular weight excluding hydrogens is 477 g/mol. The second-order valence-electron chi connectivity index (χ2n) is 7.52. The van der Waals surface area contributed by atoms with Gasteiger partial charge in [0.25, 0.3) is 0 Å². The van der Waals surface area contributed by atoms with Crippen molar-refractivity contribution in [2.45, 2.75) is 24.7 Å². The average molecular weight is 499 g/mol. The van der Waals surface area contributed by atoms with Gasteiger partial charge in [-0.2, -0.15) is 0 Å². The highest BCUT2D eigenvalue weighted by atomic mass is 127. The number of carbonyl (C=O) groups excluding carboxylic acids is 2. The Hall–Kier alpha value is -2.41. The van der Waals surface area contributed by atoms with E-state index >= 15 is 0 Å².